The molecule has 1 atom stereocenters. The van der Waals surface area contributed by atoms with Crippen LogP contribution in [0.1, 0.15) is 29.8 Å². The van der Waals surface area contributed by atoms with Crippen LogP contribution in [0.3, 0.4) is 0 Å². The second-order valence-electron chi connectivity index (χ2n) is 6.46. The lowest BCUT2D eigenvalue weighted by Gasteiger charge is -2.20. The molecule has 150 valence electrons. The van der Waals surface area contributed by atoms with Gasteiger partial charge in [-0.05, 0) is 41.8 Å². The lowest BCUT2D eigenvalue weighted by Crippen LogP contribution is -2.48. The molecule has 2 aromatic carbocycles. The molecule has 0 aliphatic rings. The van der Waals surface area contributed by atoms with E-state index in [1.165, 1.54) is 12.3 Å². The quantitative estimate of drug-likeness (QED) is 0.513. The summed E-state index contributed by atoms with van der Waals surface area (Å²) < 4.78 is 5.22. The van der Waals surface area contributed by atoms with Gasteiger partial charge in [0.25, 0.3) is 11.8 Å². The topological polar surface area (TPSA) is 104 Å². The Labute approximate surface area is 174 Å². The first-order chi connectivity index (χ1) is 13.9. The molecule has 0 aliphatic heterocycles. The van der Waals surface area contributed by atoms with Crippen molar-refractivity contribution in [2.24, 2.45) is 11.0 Å². The van der Waals surface area contributed by atoms with Gasteiger partial charge in [0.05, 0.1) is 6.21 Å². The highest BCUT2D eigenvalue weighted by Gasteiger charge is 2.24. The van der Waals surface area contributed by atoms with Crippen LogP contribution >= 0.6 is 11.6 Å². The summed E-state index contributed by atoms with van der Waals surface area (Å²) in [6.07, 6.45) is 1.45. The molecule has 2 amide bonds. The van der Waals surface area contributed by atoms with E-state index in [1.807, 2.05) is 19.9 Å². The summed E-state index contributed by atoms with van der Waals surface area (Å²) >= 11 is 5.91. The molecule has 1 unspecified atom stereocenters. The summed E-state index contributed by atoms with van der Waals surface area (Å²) in [6.45, 7) is 3.59. The highest BCUT2D eigenvalue weighted by molar-refractivity contribution is 6.31. The van der Waals surface area contributed by atoms with Crippen LogP contribution in [0.15, 0.2) is 53.6 Å². The number of hydrazone groups is 1. The first-order valence-corrected chi connectivity index (χ1v) is 9.27. The Kier molecular flexibility index (Phi) is 8.19. The molecule has 2 rings (SSSR count). The average Bonchev–Trinajstić information content (AvgIpc) is 2.70. The van der Waals surface area contributed by atoms with Crippen LogP contribution in [0, 0.1) is 17.2 Å². The molecular formula is C21H21ClN4O3. The lowest BCUT2D eigenvalue weighted by atomic mass is 10.0. The zero-order valence-electron chi connectivity index (χ0n) is 16.1. The fourth-order valence-corrected chi connectivity index (χ4v) is 2.62. The summed E-state index contributed by atoms with van der Waals surface area (Å²) in [4.78, 5) is 24.9. The van der Waals surface area contributed by atoms with Gasteiger partial charge in [0.1, 0.15) is 17.9 Å². The van der Waals surface area contributed by atoms with Gasteiger partial charge in [-0.2, -0.15) is 10.4 Å². The molecule has 7 nitrogen and oxygen atoms in total. The zero-order chi connectivity index (χ0) is 21.2. The van der Waals surface area contributed by atoms with Gasteiger partial charge >= 0.3 is 0 Å². The SMILES string of the molecule is CC(C)C(NC(=O)c1cccc(Cl)c1)C(=O)N/N=C/c1cccc(OCC#N)c1. The van der Waals surface area contributed by atoms with E-state index in [2.05, 4.69) is 15.8 Å². The largest absolute Gasteiger partial charge is 0.479 e. The molecule has 2 aromatic rings. The lowest BCUT2D eigenvalue weighted by molar-refractivity contribution is -0.123. The van der Waals surface area contributed by atoms with Crippen molar-refractivity contribution in [3.63, 3.8) is 0 Å². The molecule has 2 N–H and O–H groups in total. The van der Waals surface area contributed by atoms with Gasteiger partial charge in [0.2, 0.25) is 0 Å². The molecule has 0 heterocycles. The number of ether oxygens (including phenoxy) is 1. The number of halogens is 1. The normalized spacial score (nSPS) is 11.7. The third kappa shape index (κ3) is 6.94. The maximum atomic E-state index is 12.5. The Morgan fingerprint density at radius 2 is 2.00 bits per heavy atom. The summed E-state index contributed by atoms with van der Waals surface area (Å²) in [5.74, 6) is -0.470. The maximum Gasteiger partial charge on any atom is 0.262 e. The molecular weight excluding hydrogens is 392 g/mol. The van der Waals surface area contributed by atoms with Gasteiger partial charge in [-0.1, -0.05) is 43.6 Å². The van der Waals surface area contributed by atoms with Gasteiger partial charge in [0.15, 0.2) is 6.61 Å². The number of amides is 2. The van der Waals surface area contributed by atoms with Crippen LogP contribution in [0.25, 0.3) is 0 Å². The molecule has 29 heavy (non-hydrogen) atoms. The first kappa shape index (κ1) is 21.9. The Morgan fingerprint density at radius 3 is 2.69 bits per heavy atom. The standard InChI is InChI=1S/C21H21ClN4O3/c1-14(2)19(25-20(27)16-6-4-7-17(22)12-16)21(28)26-24-13-15-5-3-8-18(11-15)29-10-9-23/h3-8,11-14,19H,10H2,1-2H3,(H,25,27)(H,26,28)/b24-13+. The minimum atomic E-state index is -0.774. The fraction of sp³-hybridized carbons (Fsp3) is 0.238. The molecule has 0 aliphatic carbocycles. The van der Waals surface area contributed by atoms with Gasteiger partial charge in [-0.15, -0.1) is 0 Å². The summed E-state index contributed by atoms with van der Waals surface area (Å²) in [5, 5.41) is 15.6. The van der Waals surface area contributed by atoms with Crippen LogP contribution in [0.4, 0.5) is 0 Å². The number of nitrogens with zero attached hydrogens (tertiary/aromatic N) is 2. The maximum absolute atomic E-state index is 12.5. The smallest absolute Gasteiger partial charge is 0.262 e. The van der Waals surface area contributed by atoms with Crippen LogP contribution in [-0.4, -0.2) is 30.7 Å². The van der Waals surface area contributed by atoms with Gasteiger partial charge in [-0.3, -0.25) is 9.59 Å². The van der Waals surface area contributed by atoms with E-state index in [9.17, 15) is 9.59 Å². The minimum absolute atomic E-state index is 0.0558. The second kappa shape index (κ2) is 10.8. The number of nitrogens with one attached hydrogen (secondary N) is 2. The third-order valence-electron chi connectivity index (χ3n) is 3.87. The van der Waals surface area contributed by atoms with Crippen molar-refractivity contribution < 1.29 is 14.3 Å². The van der Waals surface area contributed by atoms with Crippen molar-refractivity contribution in [3.8, 4) is 11.8 Å². The molecule has 0 spiro atoms. The van der Waals surface area contributed by atoms with E-state index in [-0.39, 0.29) is 12.5 Å². The van der Waals surface area contributed by atoms with Crippen molar-refractivity contribution in [2.75, 3.05) is 6.61 Å². The molecule has 0 fully saturated rings. The Bertz CT molecular complexity index is 938. The van der Waals surface area contributed by atoms with Crippen LogP contribution in [0.2, 0.25) is 5.02 Å². The number of hydrogen-bond acceptors (Lipinski definition) is 5. The van der Waals surface area contributed by atoms with Gasteiger partial charge < -0.3 is 10.1 Å². The van der Waals surface area contributed by atoms with Crippen molar-refractivity contribution in [3.05, 3.63) is 64.7 Å². The number of carbonyl (C=O) groups excluding carboxylic acids is 2. The minimum Gasteiger partial charge on any atom is -0.479 e. The number of carbonyl (C=O) groups is 2. The highest BCUT2D eigenvalue weighted by atomic mass is 35.5. The summed E-state index contributed by atoms with van der Waals surface area (Å²) in [6, 6.07) is 14.5. The second-order valence-corrected chi connectivity index (χ2v) is 6.90. The predicted octanol–water partition coefficient (Wildman–Crippen LogP) is 3.15. The van der Waals surface area contributed by atoms with Gasteiger partial charge in [0, 0.05) is 10.6 Å². The monoisotopic (exact) mass is 412 g/mol. The van der Waals surface area contributed by atoms with E-state index in [0.717, 1.165) is 0 Å². The van der Waals surface area contributed by atoms with Crippen LogP contribution in [-0.2, 0) is 4.79 Å². The molecule has 0 bridgehead atoms. The van der Waals surface area contributed by atoms with E-state index in [0.29, 0.717) is 21.9 Å². The first-order valence-electron chi connectivity index (χ1n) is 8.90. The van der Waals surface area contributed by atoms with Crippen molar-refractivity contribution in [2.45, 2.75) is 19.9 Å². The van der Waals surface area contributed by atoms with Crippen LogP contribution < -0.4 is 15.5 Å². The predicted molar refractivity (Wildman–Crippen MR) is 111 cm³/mol. The third-order valence-corrected chi connectivity index (χ3v) is 4.11. The van der Waals surface area contributed by atoms with Crippen molar-refractivity contribution in [1.29, 1.82) is 5.26 Å². The number of nitriles is 1. The Hall–Kier alpha value is -3.37. The zero-order valence-corrected chi connectivity index (χ0v) is 16.8. The molecule has 8 heteroatoms. The number of hydrogen-bond donors (Lipinski definition) is 2. The van der Waals surface area contributed by atoms with Gasteiger partial charge in [-0.25, -0.2) is 5.43 Å². The van der Waals surface area contributed by atoms with Crippen molar-refractivity contribution in [1.82, 2.24) is 10.7 Å². The van der Waals surface area contributed by atoms with Crippen molar-refractivity contribution >= 4 is 29.6 Å². The van der Waals surface area contributed by atoms with Crippen LogP contribution in [0.5, 0.6) is 5.75 Å². The summed E-state index contributed by atoms with van der Waals surface area (Å²) in [7, 11) is 0. The molecule has 0 aromatic heterocycles. The Morgan fingerprint density at radius 1 is 1.24 bits per heavy atom. The fourth-order valence-electron chi connectivity index (χ4n) is 2.43. The van der Waals surface area contributed by atoms with E-state index in [1.54, 1.807) is 42.5 Å². The Balaban J connectivity index is 2.00. The highest BCUT2D eigenvalue weighted by Crippen LogP contribution is 2.13. The van der Waals surface area contributed by atoms with E-state index >= 15 is 0 Å². The molecule has 0 saturated heterocycles. The average molecular weight is 413 g/mol. The molecule has 0 radical (unpaired) electrons. The molecule has 0 saturated carbocycles. The summed E-state index contributed by atoms with van der Waals surface area (Å²) in [5.41, 5.74) is 3.49. The number of rotatable bonds is 8. The number of benzene rings is 2. The van der Waals surface area contributed by atoms with E-state index in [4.69, 9.17) is 21.6 Å². The van der Waals surface area contributed by atoms with E-state index < -0.39 is 17.9 Å².